The maximum atomic E-state index is 11.4. The minimum atomic E-state index is -1.60. The molecule has 2 radical (unpaired) electrons. The molecule has 0 aliphatic rings. The lowest BCUT2D eigenvalue weighted by Crippen LogP contribution is -1.90. The first-order valence-corrected chi connectivity index (χ1v) is 1.63. The van der Waals surface area contributed by atoms with Crippen LogP contribution in [0.4, 0.5) is 4.39 Å². The van der Waals surface area contributed by atoms with Gasteiger partial charge in [-0.05, 0) is 11.8 Å². The van der Waals surface area contributed by atoms with Gasteiger partial charge in [-0.25, -0.2) is 4.39 Å². The molecule has 0 saturated heterocycles. The van der Waals surface area contributed by atoms with E-state index >= 15 is 0 Å². The van der Waals surface area contributed by atoms with Gasteiger partial charge in [0.15, 0.2) is 0 Å². The summed E-state index contributed by atoms with van der Waals surface area (Å²) in [5, 5.41) is 0. The fourth-order valence-electron chi connectivity index (χ4n) is 0.111. The van der Waals surface area contributed by atoms with E-state index in [-0.39, 0.29) is 0 Å². The van der Waals surface area contributed by atoms with Gasteiger partial charge in [0.2, 0.25) is 0 Å². The third kappa shape index (κ3) is 5.11. The predicted molar refractivity (Wildman–Crippen MR) is 27.3 cm³/mol. The van der Waals surface area contributed by atoms with Crippen LogP contribution in [-0.2, 0) is 0 Å². The molecular weight excluding hydrogens is 89.9 g/mol. The Kier molecular flexibility index (Phi) is 2.89. The Bertz CT molecular complexity index is 132. The molecule has 0 heterocycles. The van der Waals surface area contributed by atoms with Crippen molar-refractivity contribution in [1.29, 1.82) is 0 Å². The zero-order valence-electron chi connectivity index (χ0n) is 3.61. The molecule has 1 atom stereocenters. The molecule has 0 aromatic heterocycles. The van der Waals surface area contributed by atoms with Gasteiger partial charge in [0.25, 0.3) is 0 Å². The molecule has 0 aliphatic carbocycles. The summed E-state index contributed by atoms with van der Waals surface area (Å²) in [6.07, 6.45) is 3.03. The standard InChI is InChI=1S/C5H2BF/c1-2-3-4-5(6)7/h1,5H. The van der Waals surface area contributed by atoms with Crippen molar-refractivity contribution in [3.05, 3.63) is 0 Å². The summed E-state index contributed by atoms with van der Waals surface area (Å²) >= 11 is 0. The van der Waals surface area contributed by atoms with Gasteiger partial charge < -0.3 is 0 Å². The van der Waals surface area contributed by atoms with Crippen LogP contribution in [0, 0.1) is 24.2 Å². The first-order chi connectivity index (χ1) is 3.27. The highest BCUT2D eigenvalue weighted by Crippen LogP contribution is 1.74. The minimum absolute atomic E-state index is 1.60. The van der Waals surface area contributed by atoms with Gasteiger partial charge in [-0.15, -0.1) is 6.42 Å². The second kappa shape index (κ2) is 3.31. The molecule has 0 rings (SSSR count). The Morgan fingerprint density at radius 1 is 1.71 bits per heavy atom. The van der Waals surface area contributed by atoms with E-state index in [0.717, 1.165) is 0 Å². The molecule has 32 valence electrons. The Morgan fingerprint density at radius 2 is 2.29 bits per heavy atom. The third-order valence-corrected chi connectivity index (χ3v) is 0.282. The maximum Gasteiger partial charge on any atom is 0.134 e. The summed E-state index contributed by atoms with van der Waals surface area (Å²) in [5.74, 6) is 5.86. The van der Waals surface area contributed by atoms with Gasteiger partial charge >= 0.3 is 0 Å². The van der Waals surface area contributed by atoms with Crippen molar-refractivity contribution in [3.8, 4) is 24.2 Å². The van der Waals surface area contributed by atoms with Crippen LogP contribution < -0.4 is 0 Å². The largest absolute Gasteiger partial charge is 0.245 e. The molecule has 0 aromatic rings. The topological polar surface area (TPSA) is 0 Å². The Hall–Kier alpha value is -0.885. The highest BCUT2D eigenvalue weighted by molar-refractivity contribution is 6.12. The molecule has 0 N–H and O–H groups in total. The first kappa shape index (κ1) is 6.11. The van der Waals surface area contributed by atoms with E-state index in [1.807, 2.05) is 17.8 Å². The molecular formula is C5H2BF. The van der Waals surface area contributed by atoms with Crippen LogP contribution >= 0.6 is 0 Å². The highest BCUT2D eigenvalue weighted by Gasteiger charge is 1.82. The molecule has 0 spiro atoms. The number of hydrogen-bond donors (Lipinski definition) is 0. The third-order valence-electron chi connectivity index (χ3n) is 0.282. The summed E-state index contributed by atoms with van der Waals surface area (Å²) in [7, 11) is 4.54. The van der Waals surface area contributed by atoms with Gasteiger partial charge in [0.1, 0.15) is 13.9 Å². The van der Waals surface area contributed by atoms with Crippen LogP contribution in [0.3, 0.4) is 0 Å². The molecule has 0 fully saturated rings. The Labute approximate surface area is 43.5 Å². The predicted octanol–water partition coefficient (Wildman–Crippen LogP) is 0.0871. The van der Waals surface area contributed by atoms with Crippen molar-refractivity contribution < 1.29 is 4.39 Å². The second-order valence-electron chi connectivity index (χ2n) is 0.815. The Balaban J connectivity index is 3.50. The summed E-state index contributed by atoms with van der Waals surface area (Å²) in [5.41, 5.74) is 0. The number of terminal acetylenes is 1. The number of alkyl halides is 1. The van der Waals surface area contributed by atoms with Crippen LogP contribution in [0.5, 0.6) is 0 Å². The van der Waals surface area contributed by atoms with Crippen LogP contribution in [0.15, 0.2) is 0 Å². The number of hydrogen-bond acceptors (Lipinski definition) is 0. The fourth-order valence-corrected chi connectivity index (χ4v) is 0.111. The van der Waals surface area contributed by atoms with E-state index in [1.54, 1.807) is 0 Å². The van der Waals surface area contributed by atoms with Crippen molar-refractivity contribution in [2.75, 3.05) is 0 Å². The monoisotopic (exact) mass is 92.0 g/mol. The minimum Gasteiger partial charge on any atom is -0.245 e. The van der Waals surface area contributed by atoms with E-state index in [9.17, 15) is 4.39 Å². The summed E-state index contributed by atoms with van der Waals surface area (Å²) in [6.45, 7) is 0. The van der Waals surface area contributed by atoms with Gasteiger partial charge in [0.05, 0.1) is 0 Å². The van der Waals surface area contributed by atoms with E-state index in [4.69, 9.17) is 0 Å². The van der Waals surface area contributed by atoms with Crippen LogP contribution in [0.25, 0.3) is 0 Å². The zero-order chi connectivity index (χ0) is 5.70. The second-order valence-corrected chi connectivity index (χ2v) is 0.815. The molecule has 7 heavy (non-hydrogen) atoms. The molecule has 0 nitrogen and oxygen atoms in total. The maximum absolute atomic E-state index is 11.4. The SMILES string of the molecule is [B]C(F)C#CC#C. The molecule has 0 saturated carbocycles. The Morgan fingerprint density at radius 3 is 2.43 bits per heavy atom. The quantitative estimate of drug-likeness (QED) is 0.293. The summed E-state index contributed by atoms with van der Waals surface area (Å²) in [6, 6.07) is 0. The van der Waals surface area contributed by atoms with Gasteiger partial charge in [-0.1, -0.05) is 5.92 Å². The van der Waals surface area contributed by atoms with Gasteiger partial charge in [-0.3, -0.25) is 0 Å². The average molecular weight is 91.9 g/mol. The number of rotatable bonds is 0. The molecule has 2 heteroatoms. The van der Waals surface area contributed by atoms with Crippen LogP contribution in [0.2, 0.25) is 0 Å². The van der Waals surface area contributed by atoms with E-state index in [2.05, 4.69) is 14.3 Å². The molecule has 0 aliphatic heterocycles. The lowest BCUT2D eigenvalue weighted by molar-refractivity contribution is 0.524. The van der Waals surface area contributed by atoms with Crippen molar-refractivity contribution in [2.45, 2.75) is 6.07 Å². The highest BCUT2D eigenvalue weighted by atomic mass is 19.1. The van der Waals surface area contributed by atoms with Crippen molar-refractivity contribution >= 4 is 7.85 Å². The van der Waals surface area contributed by atoms with E-state index < -0.39 is 6.07 Å². The van der Waals surface area contributed by atoms with Crippen LogP contribution in [0.1, 0.15) is 0 Å². The zero-order valence-corrected chi connectivity index (χ0v) is 3.61. The molecule has 0 amide bonds. The van der Waals surface area contributed by atoms with Gasteiger partial charge in [-0.2, -0.15) is 0 Å². The van der Waals surface area contributed by atoms with E-state index in [1.165, 1.54) is 0 Å². The lowest BCUT2D eigenvalue weighted by Gasteiger charge is -1.77. The van der Waals surface area contributed by atoms with Crippen LogP contribution in [-0.4, -0.2) is 13.9 Å². The van der Waals surface area contributed by atoms with Crippen molar-refractivity contribution in [2.24, 2.45) is 0 Å². The van der Waals surface area contributed by atoms with Crippen molar-refractivity contribution in [1.82, 2.24) is 0 Å². The van der Waals surface area contributed by atoms with E-state index in [0.29, 0.717) is 0 Å². The molecule has 0 aromatic carbocycles. The summed E-state index contributed by atoms with van der Waals surface area (Å²) < 4.78 is 11.4. The average Bonchev–Trinajstić information content (AvgIpc) is 1.61. The molecule has 0 bridgehead atoms. The normalized spacial score (nSPS) is 10.3. The fraction of sp³-hybridized carbons (Fsp3) is 0.200. The summed E-state index contributed by atoms with van der Waals surface area (Å²) in [4.78, 5) is 0. The van der Waals surface area contributed by atoms with Gasteiger partial charge in [0, 0.05) is 0 Å². The first-order valence-electron chi connectivity index (χ1n) is 1.63. The van der Waals surface area contributed by atoms with Crippen molar-refractivity contribution in [3.63, 3.8) is 0 Å². The molecule has 1 unspecified atom stereocenters. The smallest absolute Gasteiger partial charge is 0.134 e. The number of halogens is 1. The lowest BCUT2D eigenvalue weighted by atomic mass is 10.0.